The average Bonchev–Trinajstić information content (AvgIpc) is 2.54. The SMILES string of the molecule is CC1(C)C2CCCCC2C2(O)CCCCC12CO. The van der Waals surface area contributed by atoms with Crippen LogP contribution in [0.2, 0.25) is 0 Å². The second kappa shape index (κ2) is 3.96. The molecule has 0 aromatic heterocycles. The van der Waals surface area contributed by atoms with Crippen LogP contribution < -0.4 is 0 Å². The van der Waals surface area contributed by atoms with Crippen LogP contribution in [0.25, 0.3) is 0 Å². The molecule has 2 nitrogen and oxygen atoms in total. The van der Waals surface area contributed by atoms with Crippen molar-refractivity contribution in [1.82, 2.24) is 0 Å². The van der Waals surface area contributed by atoms with Crippen LogP contribution in [0.3, 0.4) is 0 Å². The molecule has 3 aliphatic rings. The number of aliphatic hydroxyl groups is 2. The van der Waals surface area contributed by atoms with Crippen LogP contribution in [0.15, 0.2) is 0 Å². The van der Waals surface area contributed by atoms with Gasteiger partial charge in [0.25, 0.3) is 0 Å². The van der Waals surface area contributed by atoms with Gasteiger partial charge >= 0.3 is 0 Å². The van der Waals surface area contributed by atoms with E-state index < -0.39 is 5.60 Å². The zero-order chi connectivity index (χ0) is 13.0. The minimum atomic E-state index is -0.589. The Hall–Kier alpha value is -0.0800. The maximum absolute atomic E-state index is 11.4. The lowest BCUT2D eigenvalue weighted by Crippen LogP contribution is -2.56. The van der Waals surface area contributed by atoms with Crippen LogP contribution in [0.5, 0.6) is 0 Å². The van der Waals surface area contributed by atoms with E-state index in [0.717, 1.165) is 19.3 Å². The molecule has 3 fully saturated rings. The van der Waals surface area contributed by atoms with Crippen LogP contribution in [0, 0.1) is 22.7 Å². The van der Waals surface area contributed by atoms with Crippen LogP contribution >= 0.6 is 0 Å². The van der Waals surface area contributed by atoms with E-state index in [1.165, 1.54) is 32.1 Å². The third-order valence-corrected chi connectivity index (χ3v) is 7.05. The molecule has 18 heavy (non-hydrogen) atoms. The highest BCUT2D eigenvalue weighted by molar-refractivity contribution is 5.20. The molecule has 3 aliphatic carbocycles. The lowest BCUT2D eigenvalue weighted by Gasteiger charge is -2.52. The molecular formula is C16H28O2. The van der Waals surface area contributed by atoms with Gasteiger partial charge < -0.3 is 10.2 Å². The first-order valence-corrected chi connectivity index (χ1v) is 7.83. The van der Waals surface area contributed by atoms with Gasteiger partial charge in [0.1, 0.15) is 0 Å². The van der Waals surface area contributed by atoms with Crippen molar-refractivity contribution in [1.29, 1.82) is 0 Å². The van der Waals surface area contributed by atoms with Gasteiger partial charge in [-0.2, -0.15) is 0 Å². The standard InChI is InChI=1S/C16H28O2/c1-14(2)12-7-3-4-8-13(12)16(18)10-6-5-9-15(14,16)11-17/h12-13,17-18H,3-11H2,1-2H3. The van der Waals surface area contributed by atoms with E-state index in [9.17, 15) is 10.2 Å². The fourth-order valence-corrected chi connectivity index (χ4v) is 6.04. The molecule has 4 atom stereocenters. The molecule has 0 aromatic rings. The fourth-order valence-electron chi connectivity index (χ4n) is 6.04. The summed E-state index contributed by atoms with van der Waals surface area (Å²) in [5.74, 6) is 1.05. The van der Waals surface area contributed by atoms with Crippen LogP contribution in [0.1, 0.15) is 65.2 Å². The molecule has 0 saturated heterocycles. The third-order valence-electron chi connectivity index (χ3n) is 7.05. The van der Waals surface area contributed by atoms with Gasteiger partial charge in [-0.25, -0.2) is 0 Å². The molecule has 0 amide bonds. The van der Waals surface area contributed by atoms with E-state index >= 15 is 0 Å². The van der Waals surface area contributed by atoms with Crippen molar-refractivity contribution in [2.24, 2.45) is 22.7 Å². The molecule has 0 aromatic carbocycles. The van der Waals surface area contributed by atoms with Crippen molar-refractivity contribution < 1.29 is 10.2 Å². The fraction of sp³-hybridized carbons (Fsp3) is 1.00. The zero-order valence-corrected chi connectivity index (χ0v) is 11.9. The zero-order valence-electron chi connectivity index (χ0n) is 11.9. The largest absolute Gasteiger partial charge is 0.396 e. The van der Waals surface area contributed by atoms with E-state index in [-0.39, 0.29) is 17.4 Å². The Morgan fingerprint density at radius 1 is 0.944 bits per heavy atom. The topological polar surface area (TPSA) is 40.5 Å². The number of aliphatic hydroxyl groups excluding tert-OH is 1. The summed E-state index contributed by atoms with van der Waals surface area (Å²) in [4.78, 5) is 0. The minimum Gasteiger partial charge on any atom is -0.396 e. The van der Waals surface area contributed by atoms with E-state index in [1.807, 2.05) is 0 Å². The normalized spacial score (nSPS) is 50.7. The van der Waals surface area contributed by atoms with E-state index in [2.05, 4.69) is 13.8 Å². The number of fused-ring (bicyclic) bond motifs is 3. The van der Waals surface area contributed by atoms with Crippen LogP contribution in [0.4, 0.5) is 0 Å². The van der Waals surface area contributed by atoms with Crippen molar-refractivity contribution in [2.45, 2.75) is 70.8 Å². The van der Waals surface area contributed by atoms with E-state index in [4.69, 9.17) is 0 Å². The Morgan fingerprint density at radius 2 is 1.56 bits per heavy atom. The molecular weight excluding hydrogens is 224 g/mol. The molecule has 2 N–H and O–H groups in total. The first-order valence-electron chi connectivity index (χ1n) is 7.83. The second-order valence-electron chi connectivity index (χ2n) is 7.59. The van der Waals surface area contributed by atoms with Gasteiger partial charge in [-0.3, -0.25) is 0 Å². The number of hydrogen-bond acceptors (Lipinski definition) is 2. The first kappa shape index (κ1) is 12.9. The van der Waals surface area contributed by atoms with Crippen molar-refractivity contribution in [3.8, 4) is 0 Å². The van der Waals surface area contributed by atoms with Crippen molar-refractivity contribution >= 4 is 0 Å². The molecule has 4 unspecified atom stereocenters. The summed E-state index contributed by atoms with van der Waals surface area (Å²) in [7, 11) is 0. The van der Waals surface area contributed by atoms with Gasteiger partial charge in [-0.05, 0) is 42.9 Å². The Balaban J connectivity index is 2.11. The number of rotatable bonds is 1. The Kier molecular flexibility index (Phi) is 2.84. The lowest BCUT2D eigenvalue weighted by atomic mass is 9.55. The molecule has 0 radical (unpaired) electrons. The van der Waals surface area contributed by atoms with Gasteiger partial charge in [0.05, 0.1) is 12.2 Å². The predicted molar refractivity (Wildman–Crippen MR) is 72.2 cm³/mol. The predicted octanol–water partition coefficient (Wildman–Crippen LogP) is 3.12. The summed E-state index contributed by atoms with van der Waals surface area (Å²) in [5.41, 5.74) is -0.742. The highest BCUT2D eigenvalue weighted by atomic mass is 16.3. The van der Waals surface area contributed by atoms with Crippen molar-refractivity contribution in [3.05, 3.63) is 0 Å². The van der Waals surface area contributed by atoms with E-state index in [1.54, 1.807) is 0 Å². The highest BCUT2D eigenvalue weighted by Crippen LogP contribution is 2.71. The molecule has 2 heteroatoms. The summed E-state index contributed by atoms with van der Waals surface area (Å²) in [6.45, 7) is 4.80. The smallest absolute Gasteiger partial charge is 0.0761 e. The van der Waals surface area contributed by atoms with Gasteiger partial charge in [0.2, 0.25) is 0 Å². The Morgan fingerprint density at radius 3 is 2.22 bits per heavy atom. The van der Waals surface area contributed by atoms with Crippen molar-refractivity contribution in [3.63, 3.8) is 0 Å². The molecule has 0 heterocycles. The van der Waals surface area contributed by atoms with E-state index in [0.29, 0.717) is 11.8 Å². The summed E-state index contributed by atoms with van der Waals surface area (Å²) in [6.07, 6.45) is 9.23. The monoisotopic (exact) mass is 252 g/mol. The quantitative estimate of drug-likeness (QED) is 0.753. The first-order chi connectivity index (χ1) is 8.49. The second-order valence-corrected chi connectivity index (χ2v) is 7.59. The molecule has 3 saturated carbocycles. The van der Waals surface area contributed by atoms with Gasteiger partial charge in [0.15, 0.2) is 0 Å². The minimum absolute atomic E-state index is 0.0853. The highest BCUT2D eigenvalue weighted by Gasteiger charge is 2.71. The average molecular weight is 252 g/mol. The lowest BCUT2D eigenvalue weighted by molar-refractivity contribution is -0.167. The molecule has 0 aliphatic heterocycles. The van der Waals surface area contributed by atoms with Gasteiger partial charge in [-0.15, -0.1) is 0 Å². The molecule has 0 bridgehead atoms. The van der Waals surface area contributed by atoms with Gasteiger partial charge in [-0.1, -0.05) is 39.5 Å². The third kappa shape index (κ3) is 1.27. The van der Waals surface area contributed by atoms with Crippen LogP contribution in [-0.4, -0.2) is 22.4 Å². The van der Waals surface area contributed by atoms with Crippen LogP contribution in [-0.2, 0) is 0 Å². The van der Waals surface area contributed by atoms with Gasteiger partial charge in [0, 0.05) is 5.41 Å². The molecule has 104 valence electrons. The maximum atomic E-state index is 11.4. The summed E-state index contributed by atoms with van der Waals surface area (Å²) in [5, 5.41) is 21.6. The Labute approximate surface area is 111 Å². The molecule has 3 rings (SSSR count). The number of hydrogen-bond donors (Lipinski definition) is 2. The van der Waals surface area contributed by atoms with Crippen molar-refractivity contribution in [2.75, 3.05) is 6.61 Å². The summed E-state index contributed by atoms with van der Waals surface area (Å²) < 4.78 is 0. The summed E-state index contributed by atoms with van der Waals surface area (Å²) >= 11 is 0. The maximum Gasteiger partial charge on any atom is 0.0761 e. The molecule has 0 spiro atoms. The summed E-state index contributed by atoms with van der Waals surface area (Å²) in [6, 6.07) is 0. The Bertz CT molecular complexity index is 338.